The number of anilines is 1. The molecule has 3 aromatic rings. The normalized spacial score (nSPS) is 16.9. The van der Waals surface area contributed by atoms with Crippen LogP contribution in [0.1, 0.15) is 43.0 Å². The SMILES string of the molecule is CCN1/C(=C\C=N)C(C)(Cc2ccccc2)c2cc(OC)ccc21.CCc1ccccc1C(=N)O.[Co]. The van der Waals surface area contributed by atoms with Gasteiger partial charge in [-0.2, -0.15) is 0 Å². The third-order valence-corrected chi connectivity index (χ3v) is 6.56. The van der Waals surface area contributed by atoms with E-state index >= 15 is 0 Å². The number of benzene rings is 3. The van der Waals surface area contributed by atoms with E-state index in [0.717, 1.165) is 30.7 Å². The molecule has 5 nitrogen and oxygen atoms in total. The molecule has 4 rings (SSSR count). The number of ether oxygens (including phenoxy) is 1. The summed E-state index contributed by atoms with van der Waals surface area (Å²) < 4.78 is 5.46. The summed E-state index contributed by atoms with van der Waals surface area (Å²) >= 11 is 0. The number of hydrogen-bond donors (Lipinski definition) is 3. The van der Waals surface area contributed by atoms with Crippen LogP contribution >= 0.6 is 0 Å². The summed E-state index contributed by atoms with van der Waals surface area (Å²) in [6, 6.07) is 24.2. The van der Waals surface area contributed by atoms with E-state index in [0.29, 0.717) is 5.56 Å². The quantitative estimate of drug-likeness (QED) is 0.236. The van der Waals surface area contributed by atoms with Gasteiger partial charge in [0.05, 0.1) is 7.11 Å². The van der Waals surface area contributed by atoms with Crippen molar-refractivity contribution in [1.29, 1.82) is 10.8 Å². The van der Waals surface area contributed by atoms with Crippen molar-refractivity contribution < 1.29 is 26.6 Å². The Hall–Kier alpha value is -3.35. The average Bonchev–Trinajstić information content (AvgIpc) is 3.11. The number of methoxy groups -OCH3 is 1. The predicted octanol–water partition coefficient (Wildman–Crippen LogP) is 6.70. The van der Waals surface area contributed by atoms with Crippen LogP contribution in [0.4, 0.5) is 5.69 Å². The molecular weight excluding hydrogens is 493 g/mol. The molecule has 0 spiro atoms. The minimum absolute atomic E-state index is 0. The molecule has 0 amide bonds. The number of aryl methyl sites for hydroxylation is 1. The molecule has 1 heterocycles. The second-order valence-electron chi connectivity index (χ2n) is 8.70. The number of fused-ring (bicyclic) bond motifs is 1. The molecule has 1 aliphatic heterocycles. The van der Waals surface area contributed by atoms with Gasteiger partial charge in [-0.25, -0.2) is 0 Å². The number of nitrogens with one attached hydrogen (secondary N) is 2. The first-order chi connectivity index (χ1) is 16.9. The van der Waals surface area contributed by atoms with Gasteiger partial charge in [0.1, 0.15) is 5.75 Å². The van der Waals surface area contributed by atoms with Crippen LogP contribution in [0.15, 0.2) is 84.6 Å². The van der Waals surface area contributed by atoms with Crippen LogP contribution in [0, 0.1) is 10.8 Å². The second-order valence-corrected chi connectivity index (χ2v) is 8.70. The van der Waals surface area contributed by atoms with E-state index in [1.165, 1.54) is 28.7 Å². The van der Waals surface area contributed by atoms with Crippen LogP contribution in [0.3, 0.4) is 0 Å². The van der Waals surface area contributed by atoms with E-state index in [1.807, 2.05) is 43.3 Å². The smallest absolute Gasteiger partial charge is 0.210 e. The first-order valence-electron chi connectivity index (χ1n) is 12.0. The molecule has 3 N–H and O–H groups in total. The number of aliphatic hydroxyl groups excluding tert-OH is 1. The minimum atomic E-state index is -0.345. The first kappa shape index (κ1) is 28.9. The van der Waals surface area contributed by atoms with Gasteiger partial charge in [-0.15, -0.1) is 0 Å². The standard InChI is InChI=1S/C21H24N2O.C9H11NO.Co/c1-4-23-19-11-10-17(24-3)14-18(19)21(2,20(23)12-13-22)15-16-8-6-5-7-9-16;1-2-7-5-3-4-6-8(7)9(10)11;/h5-14,22H,4,15H2,1-3H3;3-6H,2H2,1H3,(H2,10,11);/b20-12-,22-13?;;. The van der Waals surface area contributed by atoms with Crippen molar-refractivity contribution in [3.05, 3.63) is 107 Å². The van der Waals surface area contributed by atoms with Crippen molar-refractivity contribution in [3.63, 3.8) is 0 Å². The minimum Gasteiger partial charge on any atom is -0.497 e. The zero-order valence-electron chi connectivity index (χ0n) is 21.3. The Morgan fingerprint density at radius 3 is 2.25 bits per heavy atom. The number of aliphatic hydroxyl groups is 1. The Kier molecular flexibility index (Phi) is 10.5. The summed E-state index contributed by atoms with van der Waals surface area (Å²) in [4.78, 5) is 2.31. The van der Waals surface area contributed by atoms with Crippen LogP contribution in [0.2, 0.25) is 0 Å². The van der Waals surface area contributed by atoms with Crippen LogP contribution < -0.4 is 9.64 Å². The maximum atomic E-state index is 8.92. The summed E-state index contributed by atoms with van der Waals surface area (Å²) in [6.45, 7) is 7.30. The second kappa shape index (κ2) is 13.1. The molecule has 0 fully saturated rings. The van der Waals surface area contributed by atoms with Gasteiger partial charge in [0.25, 0.3) is 0 Å². The average molecular weight is 529 g/mol. The van der Waals surface area contributed by atoms with Gasteiger partial charge < -0.3 is 20.2 Å². The molecule has 191 valence electrons. The summed E-state index contributed by atoms with van der Waals surface area (Å²) in [5, 5.41) is 23.6. The monoisotopic (exact) mass is 528 g/mol. The molecule has 0 aliphatic carbocycles. The Labute approximate surface area is 225 Å². The van der Waals surface area contributed by atoms with E-state index in [2.05, 4.69) is 55.1 Å². The van der Waals surface area contributed by atoms with Gasteiger partial charge in [-0.1, -0.05) is 55.5 Å². The molecule has 1 radical (unpaired) electrons. The van der Waals surface area contributed by atoms with Crippen molar-refractivity contribution in [3.8, 4) is 5.75 Å². The maximum Gasteiger partial charge on any atom is 0.210 e. The fourth-order valence-electron chi connectivity index (χ4n) is 4.83. The molecule has 0 saturated carbocycles. The number of hydrogen-bond acceptors (Lipinski definition) is 4. The molecule has 6 heteroatoms. The van der Waals surface area contributed by atoms with Crippen molar-refractivity contribution in [1.82, 2.24) is 0 Å². The number of likely N-dealkylation sites (N-methyl/N-ethyl adjacent to an activating group) is 1. The van der Waals surface area contributed by atoms with Crippen LogP contribution in [-0.4, -0.2) is 30.9 Å². The molecule has 3 aromatic carbocycles. The zero-order valence-corrected chi connectivity index (χ0v) is 22.4. The van der Waals surface area contributed by atoms with Gasteiger partial charge in [-0.3, -0.25) is 5.41 Å². The van der Waals surface area contributed by atoms with E-state index < -0.39 is 0 Å². The van der Waals surface area contributed by atoms with Gasteiger partial charge in [-0.05, 0) is 73.7 Å². The van der Waals surface area contributed by atoms with Gasteiger partial charge in [0.15, 0.2) is 0 Å². The summed E-state index contributed by atoms with van der Waals surface area (Å²) in [6.07, 6.45) is 5.06. The third-order valence-electron chi connectivity index (χ3n) is 6.56. The zero-order chi connectivity index (χ0) is 25.4. The van der Waals surface area contributed by atoms with Crippen LogP contribution in [0.25, 0.3) is 0 Å². The summed E-state index contributed by atoms with van der Waals surface area (Å²) in [5.74, 6) is 0.530. The number of nitrogens with zero attached hydrogens (tertiary/aromatic N) is 1. The molecule has 0 aromatic heterocycles. The third kappa shape index (κ3) is 6.06. The largest absolute Gasteiger partial charge is 0.497 e. The van der Waals surface area contributed by atoms with Crippen molar-refractivity contribution in [2.45, 2.75) is 39.0 Å². The van der Waals surface area contributed by atoms with Crippen LogP contribution in [-0.2, 0) is 35.0 Å². The molecule has 1 aliphatic rings. The predicted molar refractivity (Wildman–Crippen MR) is 146 cm³/mol. The molecule has 1 atom stereocenters. The topological polar surface area (TPSA) is 80.4 Å². The number of rotatable bonds is 7. The van der Waals surface area contributed by atoms with Gasteiger partial charge in [0.2, 0.25) is 5.90 Å². The fraction of sp³-hybridized carbons (Fsp3) is 0.267. The van der Waals surface area contributed by atoms with Crippen LogP contribution in [0.5, 0.6) is 5.75 Å². The van der Waals surface area contributed by atoms with Crippen molar-refractivity contribution in [2.75, 3.05) is 18.6 Å². The summed E-state index contributed by atoms with van der Waals surface area (Å²) in [7, 11) is 1.71. The molecule has 36 heavy (non-hydrogen) atoms. The molecule has 1 unspecified atom stereocenters. The Morgan fingerprint density at radius 1 is 1.03 bits per heavy atom. The maximum absolute atomic E-state index is 8.92. The molecule has 0 bridgehead atoms. The van der Waals surface area contributed by atoms with E-state index in [9.17, 15) is 0 Å². The van der Waals surface area contributed by atoms with E-state index in [-0.39, 0.29) is 28.1 Å². The number of allylic oxidation sites excluding steroid dienone is 2. The molecule has 0 saturated heterocycles. The van der Waals surface area contributed by atoms with Crippen molar-refractivity contribution in [2.24, 2.45) is 0 Å². The van der Waals surface area contributed by atoms with Gasteiger partial charge in [0, 0.05) is 51.9 Å². The van der Waals surface area contributed by atoms with Crippen molar-refractivity contribution >= 4 is 17.8 Å². The molecular formula is C30H35CoN3O2. The summed E-state index contributed by atoms with van der Waals surface area (Å²) in [5.41, 5.74) is 6.41. The Morgan fingerprint density at radius 2 is 1.69 bits per heavy atom. The van der Waals surface area contributed by atoms with E-state index in [1.54, 1.807) is 13.2 Å². The Balaban J connectivity index is 0.000000321. The van der Waals surface area contributed by atoms with E-state index in [4.69, 9.17) is 20.7 Å². The van der Waals surface area contributed by atoms with Gasteiger partial charge >= 0.3 is 0 Å². The fourth-order valence-corrected chi connectivity index (χ4v) is 4.83. The Bertz CT molecular complexity index is 1210. The first-order valence-corrected chi connectivity index (χ1v) is 12.0.